The third-order valence-corrected chi connectivity index (χ3v) is 7.82. The third-order valence-electron chi connectivity index (χ3n) is 7.82. The first-order valence-electron chi connectivity index (χ1n) is 14.6. The molecule has 228 valence electrons. The molecule has 0 saturated carbocycles. The van der Waals surface area contributed by atoms with E-state index in [9.17, 15) is 24.5 Å². The van der Waals surface area contributed by atoms with Gasteiger partial charge in [-0.25, -0.2) is 4.98 Å². The van der Waals surface area contributed by atoms with Crippen LogP contribution in [-0.4, -0.2) is 57.2 Å². The standard InChI is InChI=1S/C33H30N6O6/c1-36(32(42)22-8-3-2-4-9-22)24-13-14-27-26(21-24)34-33(38(27)19-7-18-37-17-6-12-30(37)40)35-31(41)29-16-15-28(45-29)23-10-5-11-25(20-23)39(43)44/h2-5,8-11,13-16,20-21H,6-7,12,17-19H2,1H3,(H,34,35,41). The average molecular weight is 607 g/mol. The van der Waals surface area contributed by atoms with E-state index in [1.54, 1.807) is 48.3 Å². The van der Waals surface area contributed by atoms with Gasteiger partial charge in [0.2, 0.25) is 11.9 Å². The number of carbonyl (C=O) groups is 3. The number of benzene rings is 3. The normalized spacial score (nSPS) is 12.9. The minimum Gasteiger partial charge on any atom is -0.451 e. The fourth-order valence-electron chi connectivity index (χ4n) is 5.45. The van der Waals surface area contributed by atoms with Gasteiger partial charge in [-0.2, -0.15) is 0 Å². The Balaban J connectivity index is 1.27. The number of nitrogens with one attached hydrogen (secondary N) is 1. The van der Waals surface area contributed by atoms with Crippen molar-refractivity contribution in [2.75, 3.05) is 30.4 Å². The number of carbonyl (C=O) groups excluding carboxylic acids is 3. The maximum Gasteiger partial charge on any atom is 0.293 e. The van der Waals surface area contributed by atoms with E-state index >= 15 is 0 Å². The second-order valence-corrected chi connectivity index (χ2v) is 10.8. The van der Waals surface area contributed by atoms with Crippen LogP contribution in [0.25, 0.3) is 22.4 Å². The Morgan fingerprint density at radius 3 is 2.60 bits per heavy atom. The molecule has 0 atom stereocenters. The number of aryl methyl sites for hydroxylation is 1. The van der Waals surface area contributed by atoms with Crippen LogP contribution in [-0.2, 0) is 11.3 Å². The van der Waals surface area contributed by atoms with E-state index in [0.29, 0.717) is 54.0 Å². The van der Waals surface area contributed by atoms with Gasteiger partial charge in [-0.3, -0.25) is 29.8 Å². The topological polar surface area (TPSA) is 144 Å². The van der Waals surface area contributed by atoms with Crippen LogP contribution in [0.5, 0.6) is 0 Å². The highest BCUT2D eigenvalue weighted by Gasteiger charge is 2.22. The molecule has 12 heteroatoms. The molecule has 0 unspecified atom stereocenters. The molecule has 1 aliphatic rings. The van der Waals surface area contributed by atoms with E-state index in [-0.39, 0.29) is 29.2 Å². The number of nitrogens with zero attached hydrogens (tertiary/aromatic N) is 5. The lowest BCUT2D eigenvalue weighted by Crippen LogP contribution is -2.26. The molecule has 6 rings (SSSR count). The largest absolute Gasteiger partial charge is 0.451 e. The van der Waals surface area contributed by atoms with Gasteiger partial charge < -0.3 is 18.8 Å². The molecule has 0 radical (unpaired) electrons. The smallest absolute Gasteiger partial charge is 0.293 e. The van der Waals surface area contributed by atoms with E-state index in [4.69, 9.17) is 9.40 Å². The van der Waals surface area contributed by atoms with E-state index in [2.05, 4.69) is 5.32 Å². The number of hydrogen-bond donors (Lipinski definition) is 1. The summed E-state index contributed by atoms with van der Waals surface area (Å²) in [5, 5.41) is 14.0. The lowest BCUT2D eigenvalue weighted by Gasteiger charge is -2.18. The van der Waals surface area contributed by atoms with Crippen LogP contribution in [0.15, 0.2) is 89.3 Å². The zero-order valence-corrected chi connectivity index (χ0v) is 24.5. The van der Waals surface area contributed by atoms with Crippen molar-refractivity contribution >= 4 is 46.1 Å². The number of furan rings is 1. The number of aromatic nitrogens is 2. The van der Waals surface area contributed by atoms with Crippen LogP contribution in [0.2, 0.25) is 0 Å². The van der Waals surface area contributed by atoms with Crippen molar-refractivity contribution in [1.82, 2.24) is 14.5 Å². The zero-order chi connectivity index (χ0) is 31.5. The van der Waals surface area contributed by atoms with Crippen LogP contribution in [0.3, 0.4) is 0 Å². The van der Waals surface area contributed by atoms with Crippen LogP contribution >= 0.6 is 0 Å². The number of likely N-dealkylation sites (tertiary alicyclic amines) is 1. The predicted octanol–water partition coefficient (Wildman–Crippen LogP) is 5.75. The fourth-order valence-corrected chi connectivity index (χ4v) is 5.45. The van der Waals surface area contributed by atoms with E-state index in [1.165, 1.54) is 18.2 Å². The van der Waals surface area contributed by atoms with Crippen LogP contribution in [0.4, 0.5) is 17.3 Å². The van der Waals surface area contributed by atoms with E-state index in [0.717, 1.165) is 18.5 Å². The van der Waals surface area contributed by atoms with E-state index < -0.39 is 10.8 Å². The van der Waals surface area contributed by atoms with Gasteiger partial charge in [0.1, 0.15) is 5.76 Å². The molecule has 2 aromatic heterocycles. The summed E-state index contributed by atoms with van der Waals surface area (Å²) in [7, 11) is 1.69. The van der Waals surface area contributed by atoms with Gasteiger partial charge in [-0.05, 0) is 55.3 Å². The van der Waals surface area contributed by atoms with Crippen molar-refractivity contribution in [3.8, 4) is 11.3 Å². The lowest BCUT2D eigenvalue weighted by atomic mass is 10.1. The van der Waals surface area contributed by atoms with Gasteiger partial charge in [0.25, 0.3) is 17.5 Å². The number of hydrogen-bond acceptors (Lipinski definition) is 7. The van der Waals surface area contributed by atoms with Crippen molar-refractivity contribution in [1.29, 1.82) is 0 Å². The molecule has 45 heavy (non-hydrogen) atoms. The summed E-state index contributed by atoms with van der Waals surface area (Å²) in [4.78, 5) is 57.3. The second kappa shape index (κ2) is 12.4. The van der Waals surface area contributed by atoms with Crippen LogP contribution < -0.4 is 10.2 Å². The molecule has 1 fully saturated rings. The Bertz CT molecular complexity index is 1910. The van der Waals surface area contributed by atoms with E-state index in [1.807, 2.05) is 39.8 Å². The molecule has 1 saturated heterocycles. The number of rotatable bonds is 10. The van der Waals surface area contributed by atoms with Crippen molar-refractivity contribution in [2.24, 2.45) is 0 Å². The number of fused-ring (bicyclic) bond motifs is 1. The van der Waals surface area contributed by atoms with Crippen molar-refractivity contribution in [3.05, 3.63) is 106 Å². The maximum absolute atomic E-state index is 13.3. The predicted molar refractivity (Wildman–Crippen MR) is 168 cm³/mol. The van der Waals surface area contributed by atoms with Crippen LogP contribution in [0, 0.1) is 10.1 Å². The molecule has 0 bridgehead atoms. The van der Waals surface area contributed by atoms with Gasteiger partial charge >= 0.3 is 0 Å². The average Bonchev–Trinajstić information content (AvgIpc) is 3.80. The Hall–Kier alpha value is -5.78. The number of anilines is 2. The zero-order valence-electron chi connectivity index (χ0n) is 24.5. The monoisotopic (exact) mass is 606 g/mol. The van der Waals surface area contributed by atoms with Gasteiger partial charge in [0, 0.05) is 62.0 Å². The molecule has 0 spiro atoms. The maximum atomic E-state index is 13.3. The number of non-ortho nitro benzene ring substituents is 1. The quantitative estimate of drug-likeness (QED) is 0.158. The molecular formula is C33H30N6O6. The SMILES string of the molecule is CN(C(=O)c1ccccc1)c1ccc2c(c1)nc(NC(=O)c1ccc(-c3cccc([N+](=O)[O-])c3)o1)n2CCCN1CCCC1=O. The summed E-state index contributed by atoms with van der Waals surface area (Å²) >= 11 is 0. The third kappa shape index (κ3) is 6.16. The Morgan fingerprint density at radius 2 is 1.84 bits per heavy atom. The summed E-state index contributed by atoms with van der Waals surface area (Å²) in [6.07, 6.45) is 2.06. The molecule has 5 aromatic rings. The summed E-state index contributed by atoms with van der Waals surface area (Å²) in [6, 6.07) is 23.5. The van der Waals surface area contributed by atoms with Crippen molar-refractivity contribution in [3.63, 3.8) is 0 Å². The minimum absolute atomic E-state index is 0.00616. The molecule has 0 aliphatic carbocycles. The number of amides is 3. The molecule has 3 amide bonds. The number of imidazole rings is 1. The molecule has 3 heterocycles. The Morgan fingerprint density at radius 1 is 1.02 bits per heavy atom. The summed E-state index contributed by atoms with van der Waals surface area (Å²) in [5.41, 5.74) is 2.89. The Kier molecular flexibility index (Phi) is 8.10. The molecule has 12 nitrogen and oxygen atoms in total. The molecule has 1 aliphatic heterocycles. The minimum atomic E-state index is -0.547. The molecule has 3 aromatic carbocycles. The first kappa shape index (κ1) is 29.3. The second-order valence-electron chi connectivity index (χ2n) is 10.8. The number of nitro groups is 1. The van der Waals surface area contributed by atoms with Gasteiger partial charge in [0.15, 0.2) is 5.76 Å². The summed E-state index contributed by atoms with van der Waals surface area (Å²) in [5.74, 6) is 0.0255. The highest BCUT2D eigenvalue weighted by molar-refractivity contribution is 6.07. The molecule has 1 N–H and O–H groups in total. The van der Waals surface area contributed by atoms with Gasteiger partial charge in [-0.1, -0.05) is 30.3 Å². The van der Waals surface area contributed by atoms with Crippen molar-refractivity contribution < 1.29 is 23.7 Å². The first-order chi connectivity index (χ1) is 21.8. The highest BCUT2D eigenvalue weighted by atomic mass is 16.6. The summed E-state index contributed by atoms with van der Waals surface area (Å²) in [6.45, 7) is 1.80. The van der Waals surface area contributed by atoms with Gasteiger partial charge in [0.05, 0.1) is 16.0 Å². The Labute approximate surface area is 258 Å². The first-order valence-corrected chi connectivity index (χ1v) is 14.6. The van der Waals surface area contributed by atoms with Crippen molar-refractivity contribution in [2.45, 2.75) is 25.8 Å². The molecular weight excluding hydrogens is 576 g/mol. The van der Waals surface area contributed by atoms with Gasteiger partial charge in [-0.15, -0.1) is 0 Å². The fraction of sp³-hybridized carbons (Fsp3) is 0.212. The van der Waals surface area contributed by atoms with Crippen LogP contribution in [0.1, 0.15) is 40.2 Å². The lowest BCUT2D eigenvalue weighted by molar-refractivity contribution is -0.384. The number of nitro benzene ring substituents is 1. The summed E-state index contributed by atoms with van der Waals surface area (Å²) < 4.78 is 7.65. The highest BCUT2D eigenvalue weighted by Crippen LogP contribution is 2.29.